The lowest BCUT2D eigenvalue weighted by Crippen LogP contribution is -2.41. The molecule has 126 valence electrons. The molecule has 0 radical (unpaired) electrons. The maximum absolute atomic E-state index is 11.9. The first-order valence-electron chi connectivity index (χ1n) is 7.92. The molecule has 7 nitrogen and oxygen atoms in total. The topological polar surface area (TPSA) is 88.9 Å². The van der Waals surface area contributed by atoms with Gasteiger partial charge in [-0.3, -0.25) is 14.7 Å². The molecule has 0 bridgehead atoms. The molecular weight excluding hydrogens is 346 g/mol. The lowest BCUT2D eigenvalue weighted by Gasteiger charge is -2.08. The van der Waals surface area contributed by atoms with E-state index < -0.39 is 6.03 Å². The van der Waals surface area contributed by atoms with Crippen LogP contribution in [0.4, 0.5) is 4.79 Å². The van der Waals surface area contributed by atoms with Gasteiger partial charge in [0.05, 0.1) is 10.6 Å². The molecule has 2 saturated carbocycles. The van der Waals surface area contributed by atoms with Crippen molar-refractivity contribution in [1.82, 2.24) is 25.4 Å². The van der Waals surface area contributed by atoms with Crippen LogP contribution in [0.2, 0.25) is 0 Å². The van der Waals surface area contributed by atoms with Crippen molar-refractivity contribution in [3.05, 3.63) is 17.5 Å². The molecule has 0 aliphatic heterocycles. The highest BCUT2D eigenvalue weighted by molar-refractivity contribution is 7.99. The number of hydrogen-bond donors (Lipinski definition) is 2. The molecule has 2 aromatic heterocycles. The molecule has 0 atom stereocenters. The normalized spacial score (nSPS) is 16.8. The van der Waals surface area contributed by atoms with E-state index in [4.69, 9.17) is 0 Å². The minimum absolute atomic E-state index is 0.146. The Hall–Kier alpha value is -1.87. The lowest BCUT2D eigenvalue weighted by atomic mass is 10.4. The van der Waals surface area contributed by atoms with Gasteiger partial charge in [-0.2, -0.15) is 0 Å². The second-order valence-electron chi connectivity index (χ2n) is 5.97. The molecule has 2 aromatic rings. The van der Waals surface area contributed by atoms with Gasteiger partial charge in [0, 0.05) is 12.1 Å². The fraction of sp³-hybridized carbons (Fsp3) is 0.467. The molecule has 2 fully saturated rings. The number of urea groups is 1. The number of imide groups is 1. The van der Waals surface area contributed by atoms with Gasteiger partial charge < -0.3 is 5.32 Å². The van der Waals surface area contributed by atoms with E-state index in [0.717, 1.165) is 41.5 Å². The summed E-state index contributed by atoms with van der Waals surface area (Å²) in [6.45, 7) is 0. The van der Waals surface area contributed by atoms with Crippen molar-refractivity contribution in [3.63, 3.8) is 0 Å². The summed E-state index contributed by atoms with van der Waals surface area (Å²) in [6, 6.07) is 4.25. The van der Waals surface area contributed by atoms with E-state index in [1.807, 2.05) is 17.5 Å². The van der Waals surface area contributed by atoms with E-state index in [9.17, 15) is 9.59 Å². The fourth-order valence-electron chi connectivity index (χ4n) is 2.35. The number of carbonyl (C=O) groups excluding carboxylic acids is 2. The van der Waals surface area contributed by atoms with Gasteiger partial charge in [-0.15, -0.1) is 21.5 Å². The molecule has 2 N–H and O–H groups in total. The Balaban J connectivity index is 1.39. The average Bonchev–Trinajstić information content (AvgIpc) is 3.46. The maximum atomic E-state index is 11.9. The number of nitrogens with one attached hydrogen (secondary N) is 2. The summed E-state index contributed by atoms with van der Waals surface area (Å²) in [7, 11) is 0. The first-order chi connectivity index (χ1) is 11.7. The maximum Gasteiger partial charge on any atom is 0.321 e. The van der Waals surface area contributed by atoms with Gasteiger partial charge in [0.15, 0.2) is 11.0 Å². The van der Waals surface area contributed by atoms with Crippen molar-refractivity contribution in [2.75, 3.05) is 5.75 Å². The van der Waals surface area contributed by atoms with Crippen molar-refractivity contribution >= 4 is 35.0 Å². The van der Waals surface area contributed by atoms with Crippen molar-refractivity contribution < 1.29 is 9.59 Å². The molecule has 0 unspecified atom stereocenters. The molecule has 0 saturated heterocycles. The number of aromatic nitrogens is 3. The molecule has 0 aromatic carbocycles. The monoisotopic (exact) mass is 363 g/mol. The lowest BCUT2D eigenvalue weighted by molar-refractivity contribution is -0.117. The van der Waals surface area contributed by atoms with Crippen LogP contribution in [0.25, 0.3) is 10.7 Å². The molecule has 0 spiro atoms. The molecule has 2 aliphatic rings. The average molecular weight is 363 g/mol. The van der Waals surface area contributed by atoms with E-state index >= 15 is 0 Å². The third-order valence-electron chi connectivity index (χ3n) is 3.82. The summed E-state index contributed by atoms with van der Waals surface area (Å²) in [4.78, 5) is 24.6. The summed E-state index contributed by atoms with van der Waals surface area (Å²) in [5, 5.41) is 16.4. The number of amides is 3. The summed E-state index contributed by atoms with van der Waals surface area (Å²) >= 11 is 2.95. The van der Waals surface area contributed by atoms with Crippen molar-refractivity contribution in [2.24, 2.45) is 0 Å². The van der Waals surface area contributed by atoms with Gasteiger partial charge in [-0.25, -0.2) is 4.79 Å². The predicted molar refractivity (Wildman–Crippen MR) is 92.0 cm³/mol. The van der Waals surface area contributed by atoms with Crippen molar-refractivity contribution in [3.8, 4) is 10.7 Å². The minimum atomic E-state index is -0.411. The second-order valence-corrected chi connectivity index (χ2v) is 7.86. The van der Waals surface area contributed by atoms with Gasteiger partial charge in [0.2, 0.25) is 5.91 Å². The Morgan fingerprint density at radius 2 is 2.12 bits per heavy atom. The van der Waals surface area contributed by atoms with Crippen molar-refractivity contribution in [2.45, 2.75) is 42.9 Å². The molecule has 2 heterocycles. The number of thiophene rings is 1. The van der Waals surface area contributed by atoms with E-state index in [0.29, 0.717) is 6.04 Å². The second kappa shape index (κ2) is 6.56. The van der Waals surface area contributed by atoms with Gasteiger partial charge in [-0.1, -0.05) is 17.8 Å². The Kier molecular flexibility index (Phi) is 4.28. The van der Waals surface area contributed by atoms with Crippen LogP contribution < -0.4 is 10.6 Å². The summed E-state index contributed by atoms with van der Waals surface area (Å²) in [5.41, 5.74) is 0. The van der Waals surface area contributed by atoms with E-state index in [2.05, 4.69) is 25.4 Å². The summed E-state index contributed by atoms with van der Waals surface area (Å²) in [6.07, 6.45) is 4.21. The van der Waals surface area contributed by atoms with Crippen LogP contribution in [-0.2, 0) is 4.79 Å². The van der Waals surface area contributed by atoms with Crippen LogP contribution in [0, 0.1) is 0 Å². The van der Waals surface area contributed by atoms with Gasteiger partial charge in [0.25, 0.3) is 0 Å². The zero-order valence-electron chi connectivity index (χ0n) is 12.9. The first kappa shape index (κ1) is 15.6. The van der Waals surface area contributed by atoms with Crippen molar-refractivity contribution in [1.29, 1.82) is 0 Å². The third-order valence-corrected chi connectivity index (χ3v) is 5.62. The molecule has 24 heavy (non-hydrogen) atoms. The van der Waals surface area contributed by atoms with Gasteiger partial charge in [-0.05, 0) is 37.1 Å². The van der Waals surface area contributed by atoms with E-state index in [1.54, 1.807) is 11.3 Å². The van der Waals surface area contributed by atoms with Crippen LogP contribution in [0.1, 0.15) is 31.7 Å². The standard InChI is InChI=1S/C15H17N5O2S2/c21-12(17-14(22)16-9-3-4-9)8-24-15-19-18-13(11-2-1-7-23-11)20(15)10-5-6-10/h1-2,7,9-10H,3-6,8H2,(H2,16,17,21,22). The van der Waals surface area contributed by atoms with Crippen LogP contribution in [0.5, 0.6) is 0 Å². The van der Waals surface area contributed by atoms with Gasteiger partial charge in [0.1, 0.15) is 0 Å². The highest BCUT2D eigenvalue weighted by atomic mass is 32.2. The van der Waals surface area contributed by atoms with Crippen LogP contribution >= 0.6 is 23.1 Å². The number of nitrogens with zero attached hydrogens (tertiary/aromatic N) is 3. The Bertz CT molecular complexity index is 750. The highest BCUT2D eigenvalue weighted by Crippen LogP contribution is 2.41. The van der Waals surface area contributed by atoms with Crippen LogP contribution in [0.3, 0.4) is 0 Å². The van der Waals surface area contributed by atoms with Gasteiger partial charge >= 0.3 is 6.03 Å². The first-order valence-corrected chi connectivity index (χ1v) is 9.79. The number of thioether (sulfide) groups is 1. The van der Waals surface area contributed by atoms with Crippen LogP contribution in [0.15, 0.2) is 22.7 Å². The zero-order valence-corrected chi connectivity index (χ0v) is 14.5. The third kappa shape index (κ3) is 3.62. The smallest absolute Gasteiger partial charge is 0.321 e. The Morgan fingerprint density at radius 3 is 2.79 bits per heavy atom. The fourth-order valence-corrected chi connectivity index (χ4v) is 3.86. The number of hydrogen-bond acceptors (Lipinski definition) is 6. The zero-order chi connectivity index (χ0) is 16.5. The largest absolute Gasteiger partial charge is 0.335 e. The number of carbonyl (C=O) groups is 2. The number of rotatable bonds is 6. The molecule has 2 aliphatic carbocycles. The van der Waals surface area contributed by atoms with E-state index in [1.165, 1.54) is 11.8 Å². The molecule has 9 heteroatoms. The SMILES string of the molecule is O=C(CSc1nnc(-c2cccs2)n1C1CC1)NC(=O)NC1CC1. The molecule has 4 rings (SSSR count). The Morgan fingerprint density at radius 1 is 1.29 bits per heavy atom. The Labute approximate surface area is 147 Å². The molecular formula is C15H17N5O2S2. The predicted octanol–water partition coefficient (Wildman–Crippen LogP) is 2.42. The molecule has 3 amide bonds. The quantitative estimate of drug-likeness (QED) is 0.770. The summed E-state index contributed by atoms with van der Waals surface area (Å²) < 4.78 is 2.12. The summed E-state index contributed by atoms with van der Waals surface area (Å²) in [5.74, 6) is 0.691. The highest BCUT2D eigenvalue weighted by Gasteiger charge is 2.30. The van der Waals surface area contributed by atoms with E-state index in [-0.39, 0.29) is 17.7 Å². The van der Waals surface area contributed by atoms with Crippen LogP contribution in [-0.4, -0.2) is 38.5 Å². The minimum Gasteiger partial charge on any atom is -0.335 e.